The number of carbonyl (C=O) groups is 1. The minimum Gasteiger partial charge on any atom is -0.374 e. The Kier molecular flexibility index (Phi) is 5.12. The van der Waals surface area contributed by atoms with E-state index in [0.29, 0.717) is 11.7 Å². The number of benzene rings is 1. The lowest BCUT2D eigenvalue weighted by Gasteiger charge is -2.27. The molecule has 0 spiro atoms. The highest BCUT2D eigenvalue weighted by molar-refractivity contribution is 7.99. The number of hydrogen-bond acceptors (Lipinski definition) is 6. The summed E-state index contributed by atoms with van der Waals surface area (Å²) in [6.07, 6.45) is 1.72. The highest BCUT2D eigenvalue weighted by Gasteiger charge is 2.36. The van der Waals surface area contributed by atoms with Gasteiger partial charge in [0.15, 0.2) is 5.82 Å². The number of aromatic nitrogens is 4. The molecule has 2 atom stereocenters. The van der Waals surface area contributed by atoms with Crippen LogP contribution in [0.15, 0.2) is 30.3 Å². The van der Waals surface area contributed by atoms with Gasteiger partial charge in [0.05, 0.1) is 5.88 Å². The standard InChI is InChI=1S/C15H20N6OS/c1-2-6-12(16-11-7-4-3-5-8-11)15(22)21-10-23-9-13(21)14-17-19-20-18-14/h3-5,7-8,12-13,16H,2,6,9-10H2,1H3,(H,17,18,19,20). The molecule has 3 rings (SSSR count). The van der Waals surface area contributed by atoms with Gasteiger partial charge in [-0.1, -0.05) is 36.8 Å². The Labute approximate surface area is 139 Å². The van der Waals surface area contributed by atoms with Crippen molar-refractivity contribution in [2.45, 2.75) is 31.8 Å². The highest BCUT2D eigenvalue weighted by Crippen LogP contribution is 2.32. The quantitative estimate of drug-likeness (QED) is 0.842. The number of rotatable bonds is 6. The fourth-order valence-electron chi connectivity index (χ4n) is 2.67. The monoisotopic (exact) mass is 332 g/mol. The van der Waals surface area contributed by atoms with Gasteiger partial charge in [-0.3, -0.25) is 4.79 Å². The second-order valence-electron chi connectivity index (χ2n) is 5.45. The van der Waals surface area contributed by atoms with Crippen LogP contribution >= 0.6 is 11.8 Å². The van der Waals surface area contributed by atoms with Crippen LogP contribution in [-0.2, 0) is 4.79 Å². The zero-order chi connectivity index (χ0) is 16.1. The summed E-state index contributed by atoms with van der Waals surface area (Å²) < 4.78 is 0. The molecule has 2 N–H and O–H groups in total. The van der Waals surface area contributed by atoms with Crippen molar-refractivity contribution in [1.29, 1.82) is 0 Å². The maximum atomic E-state index is 13.0. The van der Waals surface area contributed by atoms with Crippen LogP contribution in [0.2, 0.25) is 0 Å². The molecular formula is C15H20N6OS. The summed E-state index contributed by atoms with van der Waals surface area (Å²) in [6, 6.07) is 9.49. The number of amides is 1. The van der Waals surface area contributed by atoms with Crippen molar-refractivity contribution < 1.29 is 4.79 Å². The van der Waals surface area contributed by atoms with Gasteiger partial charge in [-0.2, -0.15) is 5.21 Å². The second-order valence-corrected chi connectivity index (χ2v) is 6.45. The van der Waals surface area contributed by atoms with E-state index in [1.54, 1.807) is 11.8 Å². The molecule has 1 saturated heterocycles. The number of para-hydroxylation sites is 1. The first-order valence-corrected chi connectivity index (χ1v) is 8.88. The van der Waals surface area contributed by atoms with Gasteiger partial charge >= 0.3 is 0 Å². The Morgan fingerprint density at radius 1 is 1.48 bits per heavy atom. The van der Waals surface area contributed by atoms with Crippen LogP contribution in [0.5, 0.6) is 0 Å². The summed E-state index contributed by atoms with van der Waals surface area (Å²) >= 11 is 1.71. The van der Waals surface area contributed by atoms with Gasteiger partial charge in [0, 0.05) is 11.4 Å². The van der Waals surface area contributed by atoms with Crippen LogP contribution in [0.1, 0.15) is 31.6 Å². The van der Waals surface area contributed by atoms with Gasteiger partial charge < -0.3 is 10.2 Å². The van der Waals surface area contributed by atoms with E-state index in [-0.39, 0.29) is 18.0 Å². The second kappa shape index (κ2) is 7.45. The Hall–Kier alpha value is -2.09. The number of nitrogens with one attached hydrogen (secondary N) is 2. The Morgan fingerprint density at radius 3 is 3.00 bits per heavy atom. The minimum atomic E-state index is -0.240. The summed E-state index contributed by atoms with van der Waals surface area (Å²) in [4.78, 5) is 14.9. The Morgan fingerprint density at radius 2 is 2.30 bits per heavy atom. The molecule has 122 valence electrons. The largest absolute Gasteiger partial charge is 0.374 e. The molecule has 23 heavy (non-hydrogen) atoms. The first-order valence-electron chi connectivity index (χ1n) is 7.72. The van der Waals surface area contributed by atoms with Crippen molar-refractivity contribution in [2.75, 3.05) is 16.9 Å². The third-order valence-corrected chi connectivity index (χ3v) is 4.83. The Balaban J connectivity index is 1.75. The normalized spacial score (nSPS) is 18.8. The summed E-state index contributed by atoms with van der Waals surface area (Å²) in [6.45, 7) is 2.09. The van der Waals surface area contributed by atoms with Gasteiger partial charge in [0.2, 0.25) is 5.91 Å². The molecule has 1 amide bonds. The first kappa shape index (κ1) is 15.8. The number of tetrazole rings is 1. The SMILES string of the molecule is CCCC(Nc1ccccc1)C(=O)N1CSCC1c1nn[nH]n1. The third-order valence-electron chi connectivity index (χ3n) is 3.82. The number of thioether (sulfide) groups is 1. The van der Waals surface area contributed by atoms with Crippen molar-refractivity contribution in [1.82, 2.24) is 25.5 Å². The van der Waals surface area contributed by atoms with Crippen molar-refractivity contribution >= 4 is 23.4 Å². The fourth-order valence-corrected chi connectivity index (χ4v) is 3.83. The number of anilines is 1. The third kappa shape index (κ3) is 3.64. The molecule has 2 heterocycles. The first-order chi connectivity index (χ1) is 11.3. The van der Waals surface area contributed by atoms with E-state index in [0.717, 1.165) is 24.3 Å². The minimum absolute atomic E-state index is 0.0931. The molecule has 2 aromatic rings. The highest BCUT2D eigenvalue weighted by atomic mass is 32.2. The molecular weight excluding hydrogens is 312 g/mol. The predicted molar refractivity (Wildman–Crippen MR) is 89.9 cm³/mol. The lowest BCUT2D eigenvalue weighted by Crippen LogP contribution is -2.43. The van der Waals surface area contributed by atoms with Crippen LogP contribution in [0.3, 0.4) is 0 Å². The molecule has 0 bridgehead atoms. The molecule has 0 aliphatic carbocycles. The zero-order valence-electron chi connectivity index (χ0n) is 13.0. The molecule has 0 saturated carbocycles. The van der Waals surface area contributed by atoms with E-state index in [1.807, 2.05) is 35.2 Å². The Bertz CT molecular complexity index is 620. The maximum Gasteiger partial charge on any atom is 0.246 e. The van der Waals surface area contributed by atoms with Crippen LogP contribution in [0.25, 0.3) is 0 Å². The van der Waals surface area contributed by atoms with Gasteiger partial charge in [0.25, 0.3) is 0 Å². The van der Waals surface area contributed by atoms with Crippen LogP contribution in [-0.4, -0.2) is 49.1 Å². The molecule has 1 aromatic heterocycles. The number of carbonyl (C=O) groups excluding carboxylic acids is 1. The zero-order valence-corrected chi connectivity index (χ0v) is 13.8. The van der Waals surface area contributed by atoms with Crippen molar-refractivity contribution in [3.8, 4) is 0 Å². The average Bonchev–Trinajstić information content (AvgIpc) is 3.25. The van der Waals surface area contributed by atoms with Gasteiger partial charge in [-0.15, -0.1) is 22.0 Å². The van der Waals surface area contributed by atoms with E-state index in [1.165, 1.54) is 0 Å². The van der Waals surface area contributed by atoms with Crippen molar-refractivity contribution in [3.05, 3.63) is 36.2 Å². The predicted octanol–water partition coefficient (Wildman–Crippen LogP) is 2.05. The van der Waals surface area contributed by atoms with Gasteiger partial charge in [0.1, 0.15) is 12.1 Å². The molecule has 7 nitrogen and oxygen atoms in total. The molecule has 1 aromatic carbocycles. The molecule has 0 radical (unpaired) electrons. The summed E-state index contributed by atoms with van der Waals surface area (Å²) in [5, 5.41) is 17.5. The van der Waals surface area contributed by atoms with Gasteiger partial charge in [-0.25, -0.2) is 0 Å². The van der Waals surface area contributed by atoms with Crippen molar-refractivity contribution in [3.63, 3.8) is 0 Å². The summed E-state index contributed by atoms with van der Waals surface area (Å²) in [5.41, 5.74) is 0.960. The lowest BCUT2D eigenvalue weighted by molar-refractivity contribution is -0.132. The van der Waals surface area contributed by atoms with E-state index < -0.39 is 0 Å². The molecule has 1 aliphatic heterocycles. The molecule has 8 heteroatoms. The topological polar surface area (TPSA) is 86.8 Å². The number of H-pyrrole nitrogens is 1. The molecule has 1 fully saturated rings. The smallest absolute Gasteiger partial charge is 0.246 e. The fraction of sp³-hybridized carbons (Fsp3) is 0.467. The van der Waals surface area contributed by atoms with E-state index in [2.05, 4.69) is 32.9 Å². The molecule has 1 aliphatic rings. The molecule has 2 unspecified atom stereocenters. The van der Waals surface area contributed by atoms with Crippen LogP contribution in [0, 0.1) is 0 Å². The van der Waals surface area contributed by atoms with E-state index in [9.17, 15) is 4.79 Å². The lowest BCUT2D eigenvalue weighted by atomic mass is 10.1. The summed E-state index contributed by atoms with van der Waals surface area (Å²) in [5.74, 6) is 2.14. The van der Waals surface area contributed by atoms with Crippen molar-refractivity contribution in [2.24, 2.45) is 0 Å². The maximum absolute atomic E-state index is 13.0. The average molecular weight is 332 g/mol. The van der Waals surface area contributed by atoms with Gasteiger partial charge in [-0.05, 0) is 18.6 Å². The van der Waals surface area contributed by atoms with E-state index in [4.69, 9.17) is 0 Å². The van der Waals surface area contributed by atoms with Crippen LogP contribution in [0.4, 0.5) is 5.69 Å². The van der Waals surface area contributed by atoms with Crippen LogP contribution < -0.4 is 5.32 Å². The number of nitrogens with zero attached hydrogens (tertiary/aromatic N) is 4. The number of hydrogen-bond donors (Lipinski definition) is 2. The van der Waals surface area contributed by atoms with E-state index >= 15 is 0 Å². The summed E-state index contributed by atoms with van der Waals surface area (Å²) in [7, 11) is 0. The number of aromatic amines is 1.